The van der Waals surface area contributed by atoms with Crippen LogP contribution in [0, 0.1) is 25.2 Å². The second kappa shape index (κ2) is 7.12. The normalized spacial score (nSPS) is 11.8. The summed E-state index contributed by atoms with van der Waals surface area (Å²) in [6, 6.07) is 8.08. The average Bonchev–Trinajstić information content (AvgIpc) is 2.44. The second-order valence-electron chi connectivity index (χ2n) is 7.52. The van der Waals surface area contributed by atoms with Crippen molar-refractivity contribution in [3.63, 3.8) is 0 Å². The van der Waals surface area contributed by atoms with E-state index in [0.29, 0.717) is 12.5 Å². The molecule has 0 atom stereocenters. The van der Waals surface area contributed by atoms with Gasteiger partial charge in [0.25, 0.3) is 0 Å². The molecule has 2 heterocycles. The number of ether oxygens (including phenoxy) is 1. The quantitative estimate of drug-likeness (QED) is 0.734. The lowest BCUT2D eigenvalue weighted by molar-refractivity contribution is 0.153. The number of rotatable bonds is 6. The molecule has 0 unspecified atom stereocenters. The van der Waals surface area contributed by atoms with E-state index in [1.807, 2.05) is 44.3 Å². The Bertz CT molecular complexity index is 662. The molecule has 0 fully saturated rings. The SMILES string of the molecule is Cc1cc(-c2ccc(OCC(C)(C)CC(C)C)c(C)n2)ccn1. The van der Waals surface area contributed by atoms with Crippen LogP contribution in [-0.2, 0) is 0 Å². The molecule has 0 aliphatic carbocycles. The Labute approximate surface area is 140 Å². The molecule has 0 saturated heterocycles. The van der Waals surface area contributed by atoms with E-state index in [2.05, 4.69) is 32.7 Å². The number of hydrogen-bond donors (Lipinski definition) is 0. The summed E-state index contributed by atoms with van der Waals surface area (Å²) in [6.45, 7) is 13.7. The molecule has 124 valence electrons. The van der Waals surface area contributed by atoms with Crippen LogP contribution >= 0.6 is 0 Å². The van der Waals surface area contributed by atoms with Crippen molar-refractivity contribution in [2.75, 3.05) is 6.61 Å². The molecule has 23 heavy (non-hydrogen) atoms. The van der Waals surface area contributed by atoms with Gasteiger partial charge in [0.05, 0.1) is 18.0 Å². The maximum absolute atomic E-state index is 6.04. The molecule has 0 aromatic carbocycles. The summed E-state index contributed by atoms with van der Waals surface area (Å²) in [7, 11) is 0. The fourth-order valence-corrected chi connectivity index (χ4v) is 3.00. The average molecular weight is 312 g/mol. The highest BCUT2D eigenvalue weighted by Gasteiger charge is 2.21. The summed E-state index contributed by atoms with van der Waals surface area (Å²) in [4.78, 5) is 8.93. The molecular weight excluding hydrogens is 284 g/mol. The summed E-state index contributed by atoms with van der Waals surface area (Å²) in [6.07, 6.45) is 2.97. The number of hydrogen-bond acceptors (Lipinski definition) is 3. The molecular formula is C20H28N2O. The molecule has 0 aliphatic heterocycles. The first-order chi connectivity index (χ1) is 10.8. The van der Waals surface area contributed by atoms with E-state index in [0.717, 1.165) is 34.8 Å². The van der Waals surface area contributed by atoms with E-state index in [1.54, 1.807) is 0 Å². The topological polar surface area (TPSA) is 35.0 Å². The second-order valence-corrected chi connectivity index (χ2v) is 7.52. The molecule has 3 nitrogen and oxygen atoms in total. The Kier molecular flexibility index (Phi) is 5.40. The van der Waals surface area contributed by atoms with Crippen molar-refractivity contribution in [3.8, 4) is 17.0 Å². The Morgan fingerprint density at radius 1 is 1.13 bits per heavy atom. The van der Waals surface area contributed by atoms with Gasteiger partial charge in [0.1, 0.15) is 5.75 Å². The van der Waals surface area contributed by atoms with E-state index >= 15 is 0 Å². The minimum Gasteiger partial charge on any atom is -0.491 e. The molecule has 2 aromatic rings. The Morgan fingerprint density at radius 2 is 1.87 bits per heavy atom. The Hall–Kier alpha value is -1.90. The van der Waals surface area contributed by atoms with Gasteiger partial charge < -0.3 is 4.74 Å². The van der Waals surface area contributed by atoms with Gasteiger partial charge in [-0.3, -0.25) is 4.98 Å². The third-order valence-electron chi connectivity index (χ3n) is 3.81. The van der Waals surface area contributed by atoms with Gasteiger partial charge in [-0.2, -0.15) is 0 Å². The molecule has 0 N–H and O–H groups in total. The maximum Gasteiger partial charge on any atom is 0.140 e. The zero-order valence-corrected chi connectivity index (χ0v) is 15.2. The predicted molar refractivity (Wildman–Crippen MR) is 95.7 cm³/mol. The van der Waals surface area contributed by atoms with E-state index in [4.69, 9.17) is 9.72 Å². The lowest BCUT2D eigenvalue weighted by Gasteiger charge is -2.27. The summed E-state index contributed by atoms with van der Waals surface area (Å²) in [5.74, 6) is 1.54. The molecule has 0 bridgehead atoms. The highest BCUT2D eigenvalue weighted by Crippen LogP contribution is 2.28. The van der Waals surface area contributed by atoms with Crippen LogP contribution in [0.3, 0.4) is 0 Å². The first kappa shape index (κ1) is 17.5. The standard InChI is InChI=1S/C20H28N2O/c1-14(2)12-20(5,6)13-23-19-8-7-18(22-16(19)4)17-9-10-21-15(3)11-17/h7-11,14H,12-13H2,1-6H3. The lowest BCUT2D eigenvalue weighted by Crippen LogP contribution is -2.23. The van der Waals surface area contributed by atoms with Crippen LogP contribution in [-0.4, -0.2) is 16.6 Å². The van der Waals surface area contributed by atoms with Gasteiger partial charge in [-0.25, -0.2) is 4.98 Å². The van der Waals surface area contributed by atoms with Crippen LogP contribution in [0.1, 0.15) is 45.5 Å². The fraction of sp³-hybridized carbons (Fsp3) is 0.500. The van der Waals surface area contributed by atoms with Crippen LogP contribution in [0.5, 0.6) is 5.75 Å². The maximum atomic E-state index is 6.04. The van der Waals surface area contributed by atoms with Crippen molar-refractivity contribution in [2.45, 2.75) is 48.0 Å². The van der Waals surface area contributed by atoms with Gasteiger partial charge in [0, 0.05) is 17.5 Å². The van der Waals surface area contributed by atoms with Gasteiger partial charge in [-0.1, -0.05) is 27.7 Å². The van der Waals surface area contributed by atoms with Crippen LogP contribution < -0.4 is 4.74 Å². The first-order valence-electron chi connectivity index (χ1n) is 8.30. The molecule has 2 aromatic heterocycles. The van der Waals surface area contributed by atoms with Crippen LogP contribution in [0.25, 0.3) is 11.3 Å². The number of pyridine rings is 2. The number of aromatic nitrogens is 2. The van der Waals surface area contributed by atoms with Gasteiger partial charge in [0.2, 0.25) is 0 Å². The predicted octanol–water partition coefficient (Wildman–Crippen LogP) is 5.21. The third-order valence-corrected chi connectivity index (χ3v) is 3.81. The van der Waals surface area contributed by atoms with Gasteiger partial charge in [-0.05, 0) is 55.9 Å². The number of aryl methyl sites for hydroxylation is 2. The van der Waals surface area contributed by atoms with E-state index in [1.165, 1.54) is 0 Å². The van der Waals surface area contributed by atoms with Crippen molar-refractivity contribution in [1.29, 1.82) is 0 Å². The van der Waals surface area contributed by atoms with Crippen molar-refractivity contribution >= 4 is 0 Å². The van der Waals surface area contributed by atoms with Gasteiger partial charge >= 0.3 is 0 Å². The Balaban J connectivity index is 2.11. The van der Waals surface area contributed by atoms with Crippen LogP contribution in [0.4, 0.5) is 0 Å². The molecule has 0 spiro atoms. The highest BCUT2D eigenvalue weighted by molar-refractivity contribution is 5.60. The molecule has 0 amide bonds. The van der Waals surface area contributed by atoms with E-state index in [-0.39, 0.29) is 5.41 Å². The van der Waals surface area contributed by atoms with E-state index in [9.17, 15) is 0 Å². The summed E-state index contributed by atoms with van der Waals surface area (Å²) in [5, 5.41) is 0. The third kappa shape index (κ3) is 5.05. The molecule has 0 radical (unpaired) electrons. The smallest absolute Gasteiger partial charge is 0.140 e. The van der Waals surface area contributed by atoms with Gasteiger partial charge in [-0.15, -0.1) is 0 Å². The minimum atomic E-state index is 0.168. The molecule has 0 saturated carbocycles. The van der Waals surface area contributed by atoms with Gasteiger partial charge in [0.15, 0.2) is 0 Å². The van der Waals surface area contributed by atoms with Crippen molar-refractivity contribution in [2.24, 2.45) is 11.3 Å². The van der Waals surface area contributed by atoms with Crippen LogP contribution in [0.15, 0.2) is 30.5 Å². The zero-order chi connectivity index (χ0) is 17.0. The summed E-state index contributed by atoms with van der Waals surface area (Å²) in [5.41, 5.74) is 4.14. The fourth-order valence-electron chi connectivity index (χ4n) is 3.00. The highest BCUT2D eigenvalue weighted by atomic mass is 16.5. The first-order valence-corrected chi connectivity index (χ1v) is 8.30. The lowest BCUT2D eigenvalue weighted by atomic mass is 9.85. The largest absolute Gasteiger partial charge is 0.491 e. The Morgan fingerprint density at radius 3 is 2.48 bits per heavy atom. The van der Waals surface area contributed by atoms with Crippen molar-refractivity contribution < 1.29 is 4.74 Å². The van der Waals surface area contributed by atoms with Crippen molar-refractivity contribution in [1.82, 2.24) is 9.97 Å². The van der Waals surface area contributed by atoms with E-state index < -0.39 is 0 Å². The van der Waals surface area contributed by atoms with Crippen molar-refractivity contribution in [3.05, 3.63) is 41.9 Å². The summed E-state index contributed by atoms with van der Waals surface area (Å²) < 4.78 is 6.04. The number of nitrogens with zero attached hydrogens (tertiary/aromatic N) is 2. The monoisotopic (exact) mass is 312 g/mol. The molecule has 0 aliphatic rings. The molecule has 2 rings (SSSR count). The summed E-state index contributed by atoms with van der Waals surface area (Å²) >= 11 is 0. The minimum absolute atomic E-state index is 0.168. The zero-order valence-electron chi connectivity index (χ0n) is 15.2. The van der Waals surface area contributed by atoms with Crippen LogP contribution in [0.2, 0.25) is 0 Å². The molecule has 3 heteroatoms.